The van der Waals surface area contributed by atoms with E-state index in [0.29, 0.717) is 6.54 Å². The summed E-state index contributed by atoms with van der Waals surface area (Å²) in [5, 5.41) is 11.1. The standard InChI is InChI=1S/C14H17ClN2O3/c1-2-16(10-5-3-4-6-10)14(18)12-9-11(17(19)20)7-8-13(12)15/h7-10H,2-6H2,1H3. The van der Waals surface area contributed by atoms with E-state index in [4.69, 9.17) is 11.6 Å². The number of carbonyl (C=O) groups is 1. The lowest BCUT2D eigenvalue weighted by Gasteiger charge is -2.28. The number of nitro groups is 1. The SMILES string of the molecule is CCN(C(=O)c1cc([N+](=O)[O-])ccc1Cl)C1CCCC1. The maximum absolute atomic E-state index is 12.6. The van der Waals surface area contributed by atoms with Crippen LogP contribution in [0.3, 0.4) is 0 Å². The molecule has 0 N–H and O–H groups in total. The third-order valence-corrected chi connectivity index (χ3v) is 4.09. The van der Waals surface area contributed by atoms with Gasteiger partial charge in [0.1, 0.15) is 0 Å². The van der Waals surface area contributed by atoms with Crippen LogP contribution in [0.5, 0.6) is 0 Å². The van der Waals surface area contributed by atoms with Gasteiger partial charge in [-0.05, 0) is 25.8 Å². The number of nitro benzene ring substituents is 1. The van der Waals surface area contributed by atoms with Crippen LogP contribution >= 0.6 is 11.6 Å². The molecule has 2 rings (SSSR count). The molecule has 0 saturated heterocycles. The molecule has 0 unspecified atom stereocenters. The van der Waals surface area contributed by atoms with Crippen molar-refractivity contribution in [1.29, 1.82) is 0 Å². The van der Waals surface area contributed by atoms with Crippen molar-refractivity contribution in [2.24, 2.45) is 0 Å². The van der Waals surface area contributed by atoms with E-state index >= 15 is 0 Å². The number of hydrogen-bond donors (Lipinski definition) is 0. The van der Waals surface area contributed by atoms with Crippen LogP contribution in [0.15, 0.2) is 18.2 Å². The van der Waals surface area contributed by atoms with Gasteiger partial charge in [-0.3, -0.25) is 14.9 Å². The molecule has 0 aromatic heterocycles. The first-order valence-electron chi connectivity index (χ1n) is 6.79. The molecule has 1 aromatic carbocycles. The molecule has 0 spiro atoms. The van der Waals surface area contributed by atoms with Crippen molar-refractivity contribution in [2.75, 3.05) is 6.54 Å². The predicted octanol–water partition coefficient (Wildman–Crippen LogP) is 3.65. The number of hydrogen-bond acceptors (Lipinski definition) is 3. The smallest absolute Gasteiger partial charge is 0.270 e. The minimum Gasteiger partial charge on any atom is -0.336 e. The lowest BCUT2D eigenvalue weighted by molar-refractivity contribution is -0.384. The number of benzene rings is 1. The molecule has 5 nitrogen and oxygen atoms in total. The van der Waals surface area contributed by atoms with Crippen LogP contribution in [0.2, 0.25) is 5.02 Å². The van der Waals surface area contributed by atoms with Gasteiger partial charge in [-0.2, -0.15) is 0 Å². The molecular formula is C14H17ClN2O3. The summed E-state index contributed by atoms with van der Waals surface area (Å²) < 4.78 is 0. The Bertz CT molecular complexity index is 527. The molecule has 108 valence electrons. The van der Waals surface area contributed by atoms with Gasteiger partial charge in [0.25, 0.3) is 11.6 Å². The Balaban J connectivity index is 2.30. The molecular weight excluding hydrogens is 280 g/mol. The number of halogens is 1. The number of non-ortho nitro benzene ring substituents is 1. The summed E-state index contributed by atoms with van der Waals surface area (Å²) in [5.74, 6) is -0.215. The summed E-state index contributed by atoms with van der Waals surface area (Å²) >= 11 is 6.03. The third-order valence-electron chi connectivity index (χ3n) is 3.76. The highest BCUT2D eigenvalue weighted by Gasteiger charge is 2.28. The molecule has 1 saturated carbocycles. The Morgan fingerprint density at radius 1 is 1.45 bits per heavy atom. The summed E-state index contributed by atoms with van der Waals surface area (Å²) in [5.41, 5.74) is 0.106. The van der Waals surface area contributed by atoms with E-state index in [0.717, 1.165) is 25.7 Å². The zero-order valence-electron chi connectivity index (χ0n) is 11.3. The Labute approximate surface area is 122 Å². The van der Waals surface area contributed by atoms with Gasteiger partial charge in [0.15, 0.2) is 0 Å². The molecule has 0 bridgehead atoms. The minimum absolute atomic E-state index is 0.111. The average molecular weight is 297 g/mol. The second kappa shape index (κ2) is 6.22. The predicted molar refractivity (Wildman–Crippen MR) is 77.1 cm³/mol. The molecule has 0 heterocycles. The molecule has 0 aliphatic heterocycles. The lowest BCUT2D eigenvalue weighted by Crippen LogP contribution is -2.38. The second-order valence-electron chi connectivity index (χ2n) is 4.95. The third kappa shape index (κ3) is 2.93. The van der Waals surface area contributed by atoms with E-state index in [1.165, 1.54) is 18.2 Å². The molecule has 1 aliphatic rings. The average Bonchev–Trinajstić information content (AvgIpc) is 2.93. The largest absolute Gasteiger partial charge is 0.336 e. The van der Waals surface area contributed by atoms with E-state index in [1.807, 2.05) is 6.92 Å². The first-order chi connectivity index (χ1) is 9.54. The van der Waals surface area contributed by atoms with Gasteiger partial charge in [-0.15, -0.1) is 0 Å². The van der Waals surface area contributed by atoms with Crippen molar-refractivity contribution in [3.05, 3.63) is 38.9 Å². The van der Waals surface area contributed by atoms with Gasteiger partial charge in [-0.1, -0.05) is 24.4 Å². The fraction of sp³-hybridized carbons (Fsp3) is 0.500. The Kier molecular flexibility index (Phi) is 4.60. The Morgan fingerprint density at radius 2 is 2.10 bits per heavy atom. The Hall–Kier alpha value is -1.62. The summed E-state index contributed by atoms with van der Waals surface area (Å²) in [6, 6.07) is 4.21. The van der Waals surface area contributed by atoms with Crippen LogP contribution in [0.1, 0.15) is 43.0 Å². The van der Waals surface area contributed by atoms with Gasteiger partial charge >= 0.3 is 0 Å². The van der Waals surface area contributed by atoms with Gasteiger partial charge < -0.3 is 4.90 Å². The summed E-state index contributed by atoms with van der Waals surface area (Å²) in [7, 11) is 0. The van der Waals surface area contributed by atoms with Crippen LogP contribution in [0.4, 0.5) is 5.69 Å². The molecule has 0 atom stereocenters. The molecule has 1 amide bonds. The van der Waals surface area contributed by atoms with E-state index in [-0.39, 0.29) is 28.2 Å². The molecule has 0 radical (unpaired) electrons. The van der Waals surface area contributed by atoms with Crippen LogP contribution in [0, 0.1) is 10.1 Å². The monoisotopic (exact) mass is 296 g/mol. The van der Waals surface area contributed by atoms with E-state index in [2.05, 4.69) is 0 Å². The van der Waals surface area contributed by atoms with Gasteiger partial charge in [0.2, 0.25) is 0 Å². The van der Waals surface area contributed by atoms with Crippen LogP contribution < -0.4 is 0 Å². The highest BCUT2D eigenvalue weighted by atomic mass is 35.5. The van der Waals surface area contributed by atoms with Gasteiger partial charge in [0.05, 0.1) is 15.5 Å². The van der Waals surface area contributed by atoms with Crippen molar-refractivity contribution in [1.82, 2.24) is 4.90 Å². The first kappa shape index (κ1) is 14.8. The number of rotatable bonds is 4. The summed E-state index contributed by atoms with van der Waals surface area (Å²) in [4.78, 5) is 24.7. The molecule has 6 heteroatoms. The minimum atomic E-state index is -0.515. The molecule has 1 aromatic rings. The van der Waals surface area contributed by atoms with E-state index in [1.54, 1.807) is 4.90 Å². The number of amides is 1. The normalized spacial score (nSPS) is 15.3. The fourth-order valence-electron chi connectivity index (χ4n) is 2.73. The van der Waals surface area contributed by atoms with Crippen molar-refractivity contribution in [2.45, 2.75) is 38.6 Å². The van der Waals surface area contributed by atoms with Crippen molar-refractivity contribution in [3.8, 4) is 0 Å². The molecule has 20 heavy (non-hydrogen) atoms. The number of carbonyl (C=O) groups excluding carboxylic acids is 1. The zero-order chi connectivity index (χ0) is 14.7. The van der Waals surface area contributed by atoms with Gasteiger partial charge in [0, 0.05) is 24.7 Å². The fourth-order valence-corrected chi connectivity index (χ4v) is 2.93. The van der Waals surface area contributed by atoms with Crippen molar-refractivity contribution >= 4 is 23.2 Å². The van der Waals surface area contributed by atoms with Crippen molar-refractivity contribution < 1.29 is 9.72 Å². The second-order valence-corrected chi connectivity index (χ2v) is 5.36. The van der Waals surface area contributed by atoms with E-state index in [9.17, 15) is 14.9 Å². The topological polar surface area (TPSA) is 63.5 Å². The maximum atomic E-state index is 12.6. The summed E-state index contributed by atoms with van der Waals surface area (Å²) in [6.45, 7) is 2.50. The van der Waals surface area contributed by atoms with Crippen LogP contribution in [0.25, 0.3) is 0 Å². The van der Waals surface area contributed by atoms with E-state index < -0.39 is 4.92 Å². The van der Waals surface area contributed by atoms with Gasteiger partial charge in [-0.25, -0.2) is 0 Å². The highest BCUT2D eigenvalue weighted by molar-refractivity contribution is 6.33. The highest BCUT2D eigenvalue weighted by Crippen LogP contribution is 2.28. The summed E-state index contributed by atoms with van der Waals surface area (Å²) in [6.07, 6.45) is 4.23. The van der Waals surface area contributed by atoms with Crippen LogP contribution in [-0.2, 0) is 0 Å². The first-order valence-corrected chi connectivity index (χ1v) is 7.17. The lowest BCUT2D eigenvalue weighted by atomic mass is 10.1. The number of nitrogens with zero attached hydrogens (tertiary/aromatic N) is 2. The maximum Gasteiger partial charge on any atom is 0.270 e. The van der Waals surface area contributed by atoms with Crippen molar-refractivity contribution in [3.63, 3.8) is 0 Å². The molecule has 1 aliphatic carbocycles. The quantitative estimate of drug-likeness (QED) is 0.629. The zero-order valence-corrected chi connectivity index (χ0v) is 12.1. The Morgan fingerprint density at radius 3 is 2.65 bits per heavy atom. The molecule has 1 fully saturated rings. The van der Waals surface area contributed by atoms with Crippen LogP contribution in [-0.4, -0.2) is 28.3 Å².